The Morgan fingerprint density at radius 3 is 2.27 bits per heavy atom. The largest absolute Gasteiger partial charge is 0.467 e. The van der Waals surface area contributed by atoms with Gasteiger partial charge < -0.3 is 19.6 Å². The van der Waals surface area contributed by atoms with Crippen LogP contribution in [0.4, 0.5) is 13.2 Å². The van der Waals surface area contributed by atoms with Crippen LogP contribution in [0.1, 0.15) is 50.9 Å². The number of rotatable bonds is 7. The van der Waals surface area contributed by atoms with Crippen molar-refractivity contribution in [1.29, 1.82) is 0 Å². The van der Waals surface area contributed by atoms with Gasteiger partial charge in [0.05, 0.1) is 6.26 Å². The van der Waals surface area contributed by atoms with E-state index in [1.165, 1.54) is 16.8 Å². The van der Waals surface area contributed by atoms with E-state index in [0.29, 0.717) is 0 Å². The van der Waals surface area contributed by atoms with Crippen molar-refractivity contribution >= 4 is 11.8 Å². The van der Waals surface area contributed by atoms with Crippen molar-refractivity contribution in [2.75, 3.05) is 0 Å². The van der Waals surface area contributed by atoms with Crippen LogP contribution in [-0.4, -0.2) is 28.6 Å². The number of carbonyl (C=O) groups excluding carboxylic acids is 2. The predicted molar refractivity (Wildman–Crippen MR) is 112 cm³/mol. The molecule has 1 aliphatic rings. The number of furan rings is 1. The molecule has 10 heteroatoms. The van der Waals surface area contributed by atoms with E-state index in [0.717, 1.165) is 36.9 Å². The fourth-order valence-electron chi connectivity index (χ4n) is 3.31. The summed E-state index contributed by atoms with van der Waals surface area (Å²) in [6, 6.07) is 8.84. The lowest BCUT2D eigenvalue weighted by Crippen LogP contribution is -2.41. The minimum Gasteiger partial charge on any atom is -0.467 e. The molecule has 2 heterocycles. The third-order valence-corrected chi connectivity index (χ3v) is 5.12. The molecule has 1 saturated carbocycles. The predicted octanol–water partition coefficient (Wildman–Crippen LogP) is 3.42. The molecular weight excluding hydrogens is 439 g/mol. The lowest BCUT2D eigenvalue weighted by molar-refractivity contribution is -0.159. The molecule has 1 fully saturated rings. The van der Waals surface area contributed by atoms with Crippen molar-refractivity contribution in [3.8, 4) is 0 Å². The second kappa shape index (κ2) is 8.97. The van der Waals surface area contributed by atoms with Crippen molar-refractivity contribution in [3.05, 3.63) is 93.8 Å². The maximum atomic E-state index is 13.6. The van der Waals surface area contributed by atoms with Crippen molar-refractivity contribution in [2.24, 2.45) is 0 Å². The summed E-state index contributed by atoms with van der Waals surface area (Å²) in [6.45, 7) is 0.200. The second-order valence-electron chi connectivity index (χ2n) is 7.78. The van der Waals surface area contributed by atoms with E-state index < -0.39 is 40.8 Å². The van der Waals surface area contributed by atoms with Crippen molar-refractivity contribution < 1.29 is 27.2 Å². The van der Waals surface area contributed by atoms with Gasteiger partial charge in [0.2, 0.25) is 5.43 Å². The quantitative estimate of drug-likeness (QED) is 0.566. The maximum absolute atomic E-state index is 13.6. The summed E-state index contributed by atoms with van der Waals surface area (Å²) in [4.78, 5) is 38.4. The molecule has 2 amide bonds. The topological polar surface area (TPSA) is 93.3 Å². The Morgan fingerprint density at radius 1 is 1.03 bits per heavy atom. The Labute approximate surface area is 186 Å². The molecule has 0 radical (unpaired) electrons. The van der Waals surface area contributed by atoms with Gasteiger partial charge in [0.15, 0.2) is 6.04 Å². The van der Waals surface area contributed by atoms with Gasteiger partial charge in [-0.1, -0.05) is 30.3 Å². The number of benzene rings is 1. The number of pyridine rings is 1. The zero-order valence-electron chi connectivity index (χ0n) is 17.3. The van der Waals surface area contributed by atoms with E-state index in [2.05, 4.69) is 5.32 Å². The summed E-state index contributed by atoms with van der Waals surface area (Å²) in [6.07, 6.45) is 0.195. The Hall–Kier alpha value is -3.82. The SMILES string of the molecule is O=C(NC1CC1)c1cn(Cc2ccccc2)cc(C(=O)N[C@H](c2ccco2)C(F)(F)F)c1=O. The highest BCUT2D eigenvalue weighted by Gasteiger charge is 2.44. The third-order valence-electron chi connectivity index (χ3n) is 5.12. The zero-order chi connectivity index (χ0) is 23.6. The summed E-state index contributed by atoms with van der Waals surface area (Å²) >= 11 is 0. The molecule has 0 spiro atoms. The Balaban J connectivity index is 1.70. The molecule has 2 N–H and O–H groups in total. The minimum absolute atomic E-state index is 0.0504. The number of nitrogens with zero attached hydrogens (tertiary/aromatic N) is 1. The van der Waals surface area contributed by atoms with Gasteiger partial charge in [-0.25, -0.2) is 0 Å². The molecule has 3 aromatic rings. The normalized spacial score (nSPS) is 14.5. The smallest absolute Gasteiger partial charge is 0.415 e. The number of aromatic nitrogens is 1. The van der Waals surface area contributed by atoms with E-state index in [9.17, 15) is 27.6 Å². The van der Waals surface area contributed by atoms with Crippen molar-refractivity contribution in [1.82, 2.24) is 15.2 Å². The summed E-state index contributed by atoms with van der Waals surface area (Å²) in [7, 11) is 0. The molecule has 0 aliphatic heterocycles. The highest BCUT2D eigenvalue weighted by Crippen LogP contribution is 2.33. The van der Waals surface area contributed by atoms with Gasteiger partial charge in [0.25, 0.3) is 11.8 Å². The number of carbonyl (C=O) groups is 2. The number of halogens is 3. The number of hydrogen-bond donors (Lipinski definition) is 2. The molecule has 2 aromatic heterocycles. The minimum atomic E-state index is -4.86. The lowest BCUT2D eigenvalue weighted by Gasteiger charge is -2.20. The third kappa shape index (κ3) is 5.33. The van der Waals surface area contributed by atoms with Crippen LogP contribution in [-0.2, 0) is 6.54 Å². The summed E-state index contributed by atoms with van der Waals surface area (Å²) < 4.78 is 46.9. The number of amides is 2. The van der Waals surface area contributed by atoms with Crippen LogP contribution in [0.25, 0.3) is 0 Å². The first-order valence-electron chi connectivity index (χ1n) is 10.2. The van der Waals surface area contributed by atoms with Crippen molar-refractivity contribution in [2.45, 2.75) is 37.6 Å². The average Bonchev–Trinajstić information content (AvgIpc) is 3.42. The molecule has 1 aliphatic carbocycles. The average molecular weight is 459 g/mol. The molecule has 1 aromatic carbocycles. The van der Waals surface area contributed by atoms with Crippen LogP contribution >= 0.6 is 0 Å². The van der Waals surface area contributed by atoms with Gasteiger partial charge in [0, 0.05) is 25.0 Å². The molecule has 33 heavy (non-hydrogen) atoms. The maximum Gasteiger partial charge on any atom is 0.415 e. The monoisotopic (exact) mass is 459 g/mol. The van der Waals surface area contributed by atoms with Crippen LogP contribution in [0.2, 0.25) is 0 Å². The Bertz CT molecular complexity index is 1200. The fraction of sp³-hybridized carbons (Fsp3) is 0.261. The summed E-state index contributed by atoms with van der Waals surface area (Å²) in [5.74, 6) is -2.46. The number of alkyl halides is 3. The molecule has 7 nitrogen and oxygen atoms in total. The fourth-order valence-corrected chi connectivity index (χ4v) is 3.31. The lowest BCUT2D eigenvalue weighted by atomic mass is 10.1. The van der Waals surface area contributed by atoms with Crippen LogP contribution < -0.4 is 16.1 Å². The van der Waals surface area contributed by atoms with Gasteiger partial charge in [0.1, 0.15) is 16.9 Å². The van der Waals surface area contributed by atoms with E-state index in [-0.39, 0.29) is 18.2 Å². The molecule has 4 rings (SSSR count). The summed E-state index contributed by atoms with van der Waals surface area (Å²) in [5, 5.41) is 4.50. The second-order valence-corrected chi connectivity index (χ2v) is 7.78. The van der Waals surface area contributed by atoms with Gasteiger partial charge >= 0.3 is 6.18 Å². The first-order valence-corrected chi connectivity index (χ1v) is 10.2. The number of hydrogen-bond acceptors (Lipinski definition) is 4. The molecule has 0 bridgehead atoms. The van der Waals surface area contributed by atoms with E-state index in [1.54, 1.807) is 24.3 Å². The van der Waals surface area contributed by atoms with Crippen LogP contribution in [0.3, 0.4) is 0 Å². The van der Waals surface area contributed by atoms with E-state index in [4.69, 9.17) is 4.42 Å². The number of nitrogens with one attached hydrogen (secondary N) is 2. The highest BCUT2D eigenvalue weighted by molar-refractivity contribution is 5.99. The molecule has 172 valence electrons. The van der Waals surface area contributed by atoms with E-state index >= 15 is 0 Å². The first-order chi connectivity index (χ1) is 15.7. The highest BCUT2D eigenvalue weighted by atomic mass is 19.4. The Kier molecular flexibility index (Phi) is 6.08. The van der Waals surface area contributed by atoms with Gasteiger partial charge in [-0.2, -0.15) is 13.2 Å². The zero-order valence-corrected chi connectivity index (χ0v) is 17.3. The van der Waals surface area contributed by atoms with Crippen LogP contribution in [0, 0.1) is 0 Å². The first kappa shape index (κ1) is 22.4. The van der Waals surface area contributed by atoms with Gasteiger partial charge in [-0.15, -0.1) is 0 Å². The molecule has 0 saturated heterocycles. The molecule has 1 atom stereocenters. The van der Waals surface area contributed by atoms with Gasteiger partial charge in [-0.3, -0.25) is 14.4 Å². The van der Waals surface area contributed by atoms with E-state index in [1.807, 2.05) is 11.4 Å². The molecule has 0 unspecified atom stereocenters. The Morgan fingerprint density at radius 2 is 1.70 bits per heavy atom. The van der Waals surface area contributed by atoms with Gasteiger partial charge in [-0.05, 0) is 30.5 Å². The van der Waals surface area contributed by atoms with Crippen LogP contribution in [0.15, 0.2) is 70.3 Å². The molecular formula is C23H20F3N3O4. The van der Waals surface area contributed by atoms with Crippen molar-refractivity contribution in [3.63, 3.8) is 0 Å². The standard InChI is InChI=1S/C23H20F3N3O4/c24-23(25,26)20(18-7-4-10-33-18)28-22(32)17-13-29(11-14-5-2-1-3-6-14)12-16(19(17)30)21(31)27-15-8-9-15/h1-7,10,12-13,15,20H,8-9,11H2,(H,27,31)(H,28,32)/t20-/m1/s1. The van der Waals surface area contributed by atoms with Crippen LogP contribution in [0.5, 0.6) is 0 Å². The summed E-state index contributed by atoms with van der Waals surface area (Å²) in [5.41, 5.74) is -1.03.